The highest BCUT2D eigenvalue weighted by Gasteiger charge is 2.12. The molecule has 0 spiro atoms. The highest BCUT2D eigenvalue weighted by molar-refractivity contribution is 7.85. The van der Waals surface area contributed by atoms with Gasteiger partial charge in [-0.05, 0) is 6.07 Å². The first kappa shape index (κ1) is 10.9. The Morgan fingerprint density at radius 2 is 2.07 bits per heavy atom. The van der Waals surface area contributed by atoms with E-state index in [1.807, 2.05) is 0 Å². The van der Waals surface area contributed by atoms with Gasteiger partial charge in [-0.25, -0.2) is 0 Å². The molecule has 0 saturated heterocycles. The largest absolute Gasteiger partial charge is 0.315 e. The van der Waals surface area contributed by atoms with Crippen LogP contribution in [0.2, 0.25) is 0 Å². The first-order valence-corrected chi connectivity index (χ1v) is 5.47. The van der Waals surface area contributed by atoms with Crippen LogP contribution in [-0.2, 0) is 27.1 Å². The van der Waals surface area contributed by atoms with E-state index in [9.17, 15) is 13.2 Å². The molecule has 1 rings (SSSR count). The minimum absolute atomic E-state index is 0.242. The van der Waals surface area contributed by atoms with E-state index in [0.717, 1.165) is 7.11 Å². The van der Waals surface area contributed by atoms with E-state index in [2.05, 4.69) is 4.18 Å². The molecule has 0 radical (unpaired) electrons. The van der Waals surface area contributed by atoms with Crippen LogP contribution < -0.4 is 5.56 Å². The molecule has 0 atom stereocenters. The predicted octanol–water partition coefficient (Wildman–Crippen LogP) is -0.139. The minimum Gasteiger partial charge on any atom is -0.315 e. The van der Waals surface area contributed by atoms with Crippen molar-refractivity contribution < 1.29 is 12.6 Å². The minimum atomic E-state index is -3.57. The molecule has 6 heteroatoms. The van der Waals surface area contributed by atoms with Gasteiger partial charge in [0, 0.05) is 18.8 Å². The van der Waals surface area contributed by atoms with Crippen molar-refractivity contribution in [3.8, 4) is 0 Å². The zero-order chi connectivity index (χ0) is 10.8. The lowest BCUT2D eigenvalue weighted by Gasteiger charge is -2.06. The average molecular weight is 217 g/mol. The molecule has 1 aromatic heterocycles. The fourth-order valence-corrected chi connectivity index (χ4v) is 1.76. The SMILES string of the molecule is COS(=O)(=O)Cc1cccc(=O)n1C. The Labute approximate surface area is 82.1 Å². The molecule has 0 aromatic carbocycles. The summed E-state index contributed by atoms with van der Waals surface area (Å²) in [7, 11) is -0.961. The zero-order valence-corrected chi connectivity index (χ0v) is 8.74. The summed E-state index contributed by atoms with van der Waals surface area (Å²) >= 11 is 0. The van der Waals surface area contributed by atoms with Crippen LogP contribution in [0.1, 0.15) is 5.69 Å². The van der Waals surface area contributed by atoms with Crippen molar-refractivity contribution in [2.24, 2.45) is 7.05 Å². The van der Waals surface area contributed by atoms with Gasteiger partial charge in [0.05, 0.1) is 7.11 Å². The van der Waals surface area contributed by atoms with Crippen LogP contribution in [-0.4, -0.2) is 20.1 Å². The van der Waals surface area contributed by atoms with Crippen LogP contribution in [0.15, 0.2) is 23.0 Å². The Bertz CT molecular complexity index is 474. The van der Waals surface area contributed by atoms with Gasteiger partial charge in [0.25, 0.3) is 10.1 Å². The highest BCUT2D eigenvalue weighted by Crippen LogP contribution is 2.03. The topological polar surface area (TPSA) is 65.4 Å². The van der Waals surface area contributed by atoms with Gasteiger partial charge in [0.2, 0.25) is 5.56 Å². The molecule has 0 unspecified atom stereocenters. The molecule has 0 N–H and O–H groups in total. The van der Waals surface area contributed by atoms with E-state index < -0.39 is 10.1 Å². The molecule has 5 nitrogen and oxygen atoms in total. The number of hydrogen-bond acceptors (Lipinski definition) is 4. The summed E-state index contributed by atoms with van der Waals surface area (Å²) in [5.41, 5.74) is 0.160. The van der Waals surface area contributed by atoms with Crippen molar-refractivity contribution in [1.82, 2.24) is 4.57 Å². The third-order valence-electron chi connectivity index (χ3n) is 1.87. The summed E-state index contributed by atoms with van der Waals surface area (Å²) in [5.74, 6) is -0.296. The monoisotopic (exact) mass is 217 g/mol. The third kappa shape index (κ3) is 2.43. The lowest BCUT2D eigenvalue weighted by molar-refractivity contribution is 0.396. The van der Waals surface area contributed by atoms with Crippen LogP contribution in [0, 0.1) is 0 Å². The van der Waals surface area contributed by atoms with E-state index >= 15 is 0 Å². The van der Waals surface area contributed by atoms with E-state index in [0.29, 0.717) is 5.69 Å². The Hall–Kier alpha value is -1.14. The molecule has 1 aromatic rings. The maximum absolute atomic E-state index is 11.1. The molecule has 0 aliphatic carbocycles. The molecule has 0 aliphatic rings. The van der Waals surface area contributed by atoms with Crippen molar-refractivity contribution >= 4 is 10.1 Å². The normalized spacial score (nSPS) is 11.6. The number of pyridine rings is 1. The van der Waals surface area contributed by atoms with Gasteiger partial charge >= 0.3 is 0 Å². The molecule has 0 fully saturated rings. The maximum Gasteiger partial charge on any atom is 0.272 e. The summed E-state index contributed by atoms with van der Waals surface area (Å²) < 4.78 is 27.8. The first-order chi connectivity index (χ1) is 6.46. The summed E-state index contributed by atoms with van der Waals surface area (Å²) in [6.45, 7) is 0. The summed E-state index contributed by atoms with van der Waals surface area (Å²) in [6.07, 6.45) is 0. The van der Waals surface area contributed by atoms with E-state index in [4.69, 9.17) is 0 Å². The average Bonchev–Trinajstić information content (AvgIpc) is 2.13. The fourth-order valence-electron chi connectivity index (χ4n) is 0.992. The van der Waals surface area contributed by atoms with Gasteiger partial charge in [-0.3, -0.25) is 8.98 Å². The van der Waals surface area contributed by atoms with Crippen LogP contribution >= 0.6 is 0 Å². The smallest absolute Gasteiger partial charge is 0.272 e. The lowest BCUT2D eigenvalue weighted by Crippen LogP contribution is -2.21. The van der Waals surface area contributed by atoms with E-state index in [-0.39, 0.29) is 11.3 Å². The molecule has 14 heavy (non-hydrogen) atoms. The van der Waals surface area contributed by atoms with Gasteiger partial charge in [0.15, 0.2) is 0 Å². The number of nitrogens with zero attached hydrogens (tertiary/aromatic N) is 1. The molecule has 0 bridgehead atoms. The zero-order valence-electron chi connectivity index (χ0n) is 7.93. The summed E-state index contributed by atoms with van der Waals surface area (Å²) in [4.78, 5) is 11.1. The first-order valence-electron chi connectivity index (χ1n) is 3.89. The Morgan fingerprint density at radius 1 is 1.43 bits per heavy atom. The lowest BCUT2D eigenvalue weighted by atomic mass is 10.4. The molecule has 0 amide bonds. The standard InChI is InChI=1S/C8H11NO4S/c1-9-7(4-3-5-8(9)10)6-14(11,12)13-2/h3-5H,6H2,1-2H3. The Kier molecular flexibility index (Phi) is 3.07. The maximum atomic E-state index is 11.1. The molecule has 0 aliphatic heterocycles. The molecular formula is C8H11NO4S. The molecule has 0 saturated carbocycles. The van der Waals surface area contributed by atoms with Crippen LogP contribution in [0.25, 0.3) is 0 Å². The molecule has 1 heterocycles. The summed E-state index contributed by atoms with van der Waals surface area (Å²) in [6, 6.07) is 4.45. The number of rotatable bonds is 3. The van der Waals surface area contributed by atoms with Crippen molar-refractivity contribution in [3.05, 3.63) is 34.2 Å². The van der Waals surface area contributed by atoms with Gasteiger partial charge in [0.1, 0.15) is 5.75 Å². The van der Waals surface area contributed by atoms with Crippen LogP contribution in [0.4, 0.5) is 0 Å². The Morgan fingerprint density at radius 3 is 2.64 bits per heavy atom. The van der Waals surface area contributed by atoms with Crippen molar-refractivity contribution in [2.45, 2.75) is 5.75 Å². The van der Waals surface area contributed by atoms with E-state index in [1.54, 1.807) is 6.07 Å². The van der Waals surface area contributed by atoms with Gasteiger partial charge in [-0.15, -0.1) is 0 Å². The number of hydrogen-bond donors (Lipinski definition) is 0. The summed E-state index contributed by atoms with van der Waals surface area (Å²) in [5, 5.41) is 0. The van der Waals surface area contributed by atoms with Crippen LogP contribution in [0.5, 0.6) is 0 Å². The third-order valence-corrected chi connectivity index (χ3v) is 3.02. The van der Waals surface area contributed by atoms with Gasteiger partial charge in [-0.1, -0.05) is 6.07 Å². The van der Waals surface area contributed by atoms with Gasteiger partial charge in [-0.2, -0.15) is 8.42 Å². The highest BCUT2D eigenvalue weighted by atomic mass is 32.2. The second-order valence-corrected chi connectivity index (χ2v) is 4.52. The van der Waals surface area contributed by atoms with Crippen molar-refractivity contribution in [1.29, 1.82) is 0 Å². The quantitative estimate of drug-likeness (QED) is 0.661. The van der Waals surface area contributed by atoms with Gasteiger partial charge < -0.3 is 4.57 Å². The second-order valence-electron chi connectivity index (χ2n) is 2.78. The predicted molar refractivity (Wildman–Crippen MR) is 51.3 cm³/mol. The second kappa shape index (κ2) is 3.93. The number of aromatic nitrogens is 1. The fraction of sp³-hybridized carbons (Fsp3) is 0.375. The molecular weight excluding hydrogens is 206 g/mol. The van der Waals surface area contributed by atoms with Crippen molar-refractivity contribution in [3.63, 3.8) is 0 Å². The Balaban J connectivity index is 3.11. The van der Waals surface area contributed by atoms with Crippen LogP contribution in [0.3, 0.4) is 0 Å². The van der Waals surface area contributed by atoms with E-state index in [1.165, 1.54) is 23.7 Å². The van der Waals surface area contributed by atoms with Crippen molar-refractivity contribution in [2.75, 3.05) is 7.11 Å². The molecule has 78 valence electrons.